The number of ether oxygens (including phenoxy) is 1. The van der Waals surface area contributed by atoms with Crippen LogP contribution in [0.1, 0.15) is 10.4 Å². The Morgan fingerprint density at radius 2 is 2.11 bits per heavy atom. The smallest absolute Gasteiger partial charge is 0.254 e. The Morgan fingerprint density at radius 3 is 2.78 bits per heavy atom. The van der Waals surface area contributed by atoms with Crippen LogP contribution in [-0.2, 0) is 0 Å². The van der Waals surface area contributed by atoms with Crippen LogP contribution in [0.4, 0.5) is 5.69 Å². The van der Waals surface area contributed by atoms with Crippen LogP contribution in [0.15, 0.2) is 36.5 Å². The van der Waals surface area contributed by atoms with E-state index in [0.717, 1.165) is 0 Å². The normalized spacial score (nSPS) is 10.1. The van der Waals surface area contributed by atoms with Gasteiger partial charge < -0.3 is 16.2 Å². The van der Waals surface area contributed by atoms with Crippen molar-refractivity contribution in [2.24, 2.45) is 5.73 Å². The predicted octanol–water partition coefficient (Wildman–Crippen LogP) is 2.21. The molecule has 0 saturated carbocycles. The van der Waals surface area contributed by atoms with Gasteiger partial charge in [-0.2, -0.15) is 0 Å². The Balaban J connectivity index is 2.37. The lowest BCUT2D eigenvalue weighted by molar-refractivity contribution is 0.0997. The highest BCUT2D eigenvalue weighted by Crippen LogP contribution is 2.26. The highest BCUT2D eigenvalue weighted by atomic mass is 35.5. The van der Waals surface area contributed by atoms with Gasteiger partial charge in [0.15, 0.2) is 0 Å². The zero-order valence-electron chi connectivity index (χ0n) is 9.26. The molecule has 5 nitrogen and oxygen atoms in total. The minimum atomic E-state index is -0.660. The molecule has 1 amide bonds. The predicted molar refractivity (Wildman–Crippen MR) is 68.7 cm³/mol. The summed E-state index contributed by atoms with van der Waals surface area (Å²) < 4.78 is 5.45. The van der Waals surface area contributed by atoms with E-state index in [0.29, 0.717) is 16.5 Å². The highest BCUT2D eigenvalue weighted by Gasteiger charge is 2.12. The van der Waals surface area contributed by atoms with E-state index in [1.54, 1.807) is 24.3 Å². The number of nitrogens with two attached hydrogens (primary N) is 2. The lowest BCUT2D eigenvalue weighted by Gasteiger charge is -2.08. The first kappa shape index (κ1) is 12.2. The SMILES string of the molecule is NC(=O)c1cc(N)cnc1Oc1cccc(Cl)c1. The van der Waals surface area contributed by atoms with E-state index in [-0.39, 0.29) is 11.4 Å². The molecule has 1 aromatic heterocycles. The third kappa shape index (κ3) is 2.70. The van der Waals surface area contributed by atoms with Gasteiger partial charge >= 0.3 is 0 Å². The first-order valence-electron chi connectivity index (χ1n) is 5.05. The van der Waals surface area contributed by atoms with Gasteiger partial charge in [0.05, 0.1) is 11.9 Å². The number of nitrogens with zero attached hydrogens (tertiary/aromatic N) is 1. The molecule has 0 aliphatic carbocycles. The molecule has 2 rings (SSSR count). The summed E-state index contributed by atoms with van der Waals surface area (Å²) in [4.78, 5) is 15.2. The summed E-state index contributed by atoms with van der Waals surface area (Å²) in [5.74, 6) is -0.104. The third-order valence-electron chi connectivity index (χ3n) is 2.15. The second-order valence-corrected chi connectivity index (χ2v) is 3.98. The van der Waals surface area contributed by atoms with E-state index in [1.807, 2.05) is 0 Å². The maximum Gasteiger partial charge on any atom is 0.254 e. The Labute approximate surface area is 108 Å². The number of pyridine rings is 1. The molecule has 92 valence electrons. The van der Waals surface area contributed by atoms with Gasteiger partial charge in [-0.1, -0.05) is 17.7 Å². The zero-order valence-corrected chi connectivity index (χ0v) is 10.0. The number of anilines is 1. The van der Waals surface area contributed by atoms with E-state index in [2.05, 4.69) is 4.98 Å². The van der Waals surface area contributed by atoms with E-state index in [9.17, 15) is 4.79 Å². The van der Waals surface area contributed by atoms with Gasteiger partial charge in [-0.25, -0.2) is 4.98 Å². The van der Waals surface area contributed by atoms with Gasteiger partial charge in [0.25, 0.3) is 5.91 Å². The van der Waals surface area contributed by atoms with Crippen molar-refractivity contribution in [3.8, 4) is 11.6 Å². The molecular weight excluding hydrogens is 254 g/mol. The standard InChI is InChI=1S/C12H10ClN3O2/c13-7-2-1-3-9(4-7)18-12-10(11(15)17)5-8(14)6-16-12/h1-6H,14H2,(H2,15,17). The van der Waals surface area contributed by atoms with Gasteiger partial charge in [0.1, 0.15) is 11.3 Å². The van der Waals surface area contributed by atoms with Crippen molar-refractivity contribution >= 4 is 23.2 Å². The minimum absolute atomic E-state index is 0.0963. The van der Waals surface area contributed by atoms with Crippen molar-refractivity contribution < 1.29 is 9.53 Å². The van der Waals surface area contributed by atoms with Gasteiger partial charge in [-0.05, 0) is 24.3 Å². The monoisotopic (exact) mass is 263 g/mol. The number of carbonyl (C=O) groups excluding carboxylic acids is 1. The Bertz CT molecular complexity index is 602. The van der Waals surface area contributed by atoms with E-state index >= 15 is 0 Å². The fraction of sp³-hybridized carbons (Fsp3) is 0. The average Bonchev–Trinajstić information content (AvgIpc) is 2.31. The van der Waals surface area contributed by atoms with Crippen LogP contribution >= 0.6 is 11.6 Å². The topological polar surface area (TPSA) is 91.2 Å². The maximum absolute atomic E-state index is 11.3. The van der Waals surface area contributed by atoms with Crippen molar-refractivity contribution in [3.63, 3.8) is 0 Å². The number of aromatic nitrogens is 1. The molecule has 0 atom stereocenters. The van der Waals surface area contributed by atoms with Crippen molar-refractivity contribution in [1.29, 1.82) is 0 Å². The number of carbonyl (C=O) groups is 1. The van der Waals surface area contributed by atoms with Gasteiger partial charge in [-0.15, -0.1) is 0 Å². The summed E-state index contributed by atoms with van der Waals surface area (Å²) in [7, 11) is 0. The summed E-state index contributed by atoms with van der Waals surface area (Å²) in [5, 5.41) is 0.517. The first-order valence-corrected chi connectivity index (χ1v) is 5.43. The van der Waals surface area contributed by atoms with Gasteiger partial charge in [0, 0.05) is 5.02 Å². The second-order valence-electron chi connectivity index (χ2n) is 3.55. The number of amides is 1. The molecule has 0 aliphatic rings. The Hall–Kier alpha value is -2.27. The molecule has 1 heterocycles. The van der Waals surface area contributed by atoms with Gasteiger partial charge in [-0.3, -0.25) is 4.79 Å². The molecule has 0 bridgehead atoms. The second kappa shape index (κ2) is 4.93. The quantitative estimate of drug-likeness (QED) is 0.888. The molecule has 4 N–H and O–H groups in total. The lowest BCUT2D eigenvalue weighted by atomic mass is 10.2. The summed E-state index contributed by atoms with van der Waals surface area (Å²) in [6.45, 7) is 0. The van der Waals surface area contributed by atoms with Crippen LogP contribution in [0, 0.1) is 0 Å². The molecule has 0 saturated heterocycles. The molecule has 1 aromatic carbocycles. The number of primary amides is 1. The molecule has 0 aliphatic heterocycles. The molecule has 18 heavy (non-hydrogen) atoms. The number of nitrogen functional groups attached to an aromatic ring is 1. The van der Waals surface area contributed by atoms with E-state index < -0.39 is 5.91 Å². The lowest BCUT2D eigenvalue weighted by Crippen LogP contribution is -2.13. The third-order valence-corrected chi connectivity index (χ3v) is 2.38. The van der Waals surface area contributed by atoms with Crippen molar-refractivity contribution in [2.75, 3.05) is 5.73 Å². The number of rotatable bonds is 3. The van der Waals surface area contributed by atoms with Gasteiger partial charge in [0.2, 0.25) is 5.88 Å². The Morgan fingerprint density at radius 1 is 1.33 bits per heavy atom. The molecule has 0 spiro atoms. The number of hydrogen-bond acceptors (Lipinski definition) is 4. The van der Waals surface area contributed by atoms with Crippen LogP contribution in [0.25, 0.3) is 0 Å². The Kier molecular flexibility index (Phi) is 3.34. The summed E-state index contributed by atoms with van der Waals surface area (Å²) in [6.07, 6.45) is 1.38. The number of benzene rings is 1. The average molecular weight is 264 g/mol. The maximum atomic E-state index is 11.3. The molecule has 6 heteroatoms. The number of hydrogen-bond donors (Lipinski definition) is 2. The first-order chi connectivity index (χ1) is 8.56. The van der Waals surface area contributed by atoms with Crippen LogP contribution in [0.5, 0.6) is 11.6 Å². The molecular formula is C12H10ClN3O2. The van der Waals surface area contributed by atoms with Crippen molar-refractivity contribution in [3.05, 3.63) is 47.1 Å². The summed E-state index contributed by atoms with van der Waals surface area (Å²) >= 11 is 5.83. The molecule has 0 unspecified atom stereocenters. The minimum Gasteiger partial charge on any atom is -0.438 e. The molecule has 0 fully saturated rings. The molecule has 2 aromatic rings. The van der Waals surface area contributed by atoms with E-state index in [1.165, 1.54) is 12.3 Å². The van der Waals surface area contributed by atoms with Crippen molar-refractivity contribution in [1.82, 2.24) is 4.98 Å². The zero-order chi connectivity index (χ0) is 13.1. The van der Waals surface area contributed by atoms with Crippen LogP contribution in [0.3, 0.4) is 0 Å². The summed E-state index contributed by atoms with van der Waals surface area (Å²) in [6, 6.07) is 8.13. The van der Waals surface area contributed by atoms with Crippen LogP contribution in [0.2, 0.25) is 5.02 Å². The van der Waals surface area contributed by atoms with Crippen LogP contribution in [-0.4, -0.2) is 10.9 Å². The molecule has 0 radical (unpaired) electrons. The van der Waals surface area contributed by atoms with Crippen molar-refractivity contribution in [2.45, 2.75) is 0 Å². The van der Waals surface area contributed by atoms with E-state index in [4.69, 9.17) is 27.8 Å². The summed E-state index contributed by atoms with van der Waals surface area (Å²) in [5.41, 5.74) is 11.2. The van der Waals surface area contributed by atoms with Crippen LogP contribution < -0.4 is 16.2 Å². The highest BCUT2D eigenvalue weighted by molar-refractivity contribution is 6.30. The largest absolute Gasteiger partial charge is 0.438 e. The number of halogens is 1. The fourth-order valence-electron chi connectivity index (χ4n) is 1.37. The fourth-order valence-corrected chi connectivity index (χ4v) is 1.55.